The van der Waals surface area contributed by atoms with Crippen molar-refractivity contribution in [2.45, 2.75) is 38.3 Å². The van der Waals surface area contributed by atoms with Crippen molar-refractivity contribution >= 4 is 5.91 Å². The summed E-state index contributed by atoms with van der Waals surface area (Å²) >= 11 is 0. The number of amides is 1. The molecule has 0 saturated heterocycles. The average molecular weight is 264 g/mol. The van der Waals surface area contributed by atoms with E-state index in [0.29, 0.717) is 13.0 Å². The van der Waals surface area contributed by atoms with Crippen molar-refractivity contribution < 1.29 is 9.53 Å². The van der Waals surface area contributed by atoms with Gasteiger partial charge < -0.3 is 15.8 Å². The molecule has 0 heterocycles. The average Bonchev–Trinajstić information content (AvgIpc) is 2.43. The molecule has 4 nitrogen and oxygen atoms in total. The molecule has 0 aliphatic heterocycles. The van der Waals surface area contributed by atoms with Crippen LogP contribution in [0.15, 0.2) is 30.3 Å². The summed E-state index contributed by atoms with van der Waals surface area (Å²) in [5.41, 5.74) is 7.11. The molecule has 0 aromatic heterocycles. The van der Waals surface area contributed by atoms with Crippen LogP contribution in [0.2, 0.25) is 0 Å². The summed E-state index contributed by atoms with van der Waals surface area (Å²) in [7, 11) is 1.65. The monoisotopic (exact) mass is 264 g/mol. The van der Waals surface area contributed by atoms with Crippen LogP contribution in [0.5, 0.6) is 0 Å². The molecular formula is C15H24N2O2. The van der Waals surface area contributed by atoms with Gasteiger partial charge in [-0.15, -0.1) is 0 Å². The van der Waals surface area contributed by atoms with Crippen molar-refractivity contribution in [3.05, 3.63) is 35.9 Å². The minimum atomic E-state index is -0.454. The van der Waals surface area contributed by atoms with E-state index in [0.717, 1.165) is 12.8 Å². The molecule has 1 amide bonds. The number of methoxy groups -OCH3 is 1. The Balaban J connectivity index is 2.28. The molecule has 1 rings (SSSR count). The van der Waals surface area contributed by atoms with E-state index < -0.39 is 6.04 Å². The molecule has 0 saturated carbocycles. The number of ether oxygens (including phenoxy) is 1. The van der Waals surface area contributed by atoms with E-state index in [1.165, 1.54) is 5.56 Å². The van der Waals surface area contributed by atoms with Crippen molar-refractivity contribution in [2.75, 3.05) is 13.7 Å². The maximum Gasteiger partial charge on any atom is 0.237 e. The molecule has 0 aliphatic rings. The zero-order valence-electron chi connectivity index (χ0n) is 11.8. The molecule has 19 heavy (non-hydrogen) atoms. The predicted molar refractivity (Wildman–Crippen MR) is 76.8 cm³/mol. The third-order valence-corrected chi connectivity index (χ3v) is 3.07. The van der Waals surface area contributed by atoms with Crippen LogP contribution in [-0.2, 0) is 16.0 Å². The topological polar surface area (TPSA) is 64.3 Å². The Bertz CT molecular complexity index is 368. The zero-order valence-corrected chi connectivity index (χ0v) is 11.8. The minimum Gasteiger partial charge on any atom is -0.385 e. The molecule has 106 valence electrons. The van der Waals surface area contributed by atoms with Gasteiger partial charge in [-0.25, -0.2) is 0 Å². The Hall–Kier alpha value is -1.39. The molecule has 0 aliphatic carbocycles. The Kier molecular flexibility index (Phi) is 7.15. The standard InChI is InChI=1S/C15H24N2O2/c1-12(10-11-19-2)17-15(18)14(16)9-8-13-6-4-3-5-7-13/h3-7,12,14H,8-11,16H2,1-2H3,(H,17,18). The Labute approximate surface area is 115 Å². The fraction of sp³-hybridized carbons (Fsp3) is 0.533. The van der Waals surface area contributed by atoms with Gasteiger partial charge in [0, 0.05) is 19.8 Å². The lowest BCUT2D eigenvalue weighted by Gasteiger charge is -2.17. The van der Waals surface area contributed by atoms with Gasteiger partial charge in [0.1, 0.15) is 0 Å². The SMILES string of the molecule is COCCC(C)NC(=O)C(N)CCc1ccccc1. The Morgan fingerprint density at radius 2 is 2.00 bits per heavy atom. The van der Waals surface area contributed by atoms with Crippen LogP contribution >= 0.6 is 0 Å². The molecule has 3 N–H and O–H groups in total. The smallest absolute Gasteiger partial charge is 0.237 e. The van der Waals surface area contributed by atoms with Gasteiger partial charge in [0.25, 0.3) is 0 Å². The number of benzene rings is 1. The first kappa shape index (κ1) is 15.7. The van der Waals surface area contributed by atoms with Gasteiger partial charge in [-0.2, -0.15) is 0 Å². The molecule has 0 bridgehead atoms. The number of aryl methyl sites for hydroxylation is 1. The molecule has 2 atom stereocenters. The summed E-state index contributed by atoms with van der Waals surface area (Å²) in [5.74, 6) is -0.0838. The highest BCUT2D eigenvalue weighted by atomic mass is 16.5. The van der Waals surface area contributed by atoms with Gasteiger partial charge >= 0.3 is 0 Å². The number of carbonyl (C=O) groups is 1. The number of hydrogen-bond donors (Lipinski definition) is 2. The highest BCUT2D eigenvalue weighted by molar-refractivity contribution is 5.81. The molecule has 1 aromatic rings. The van der Waals surface area contributed by atoms with E-state index >= 15 is 0 Å². The molecule has 0 fully saturated rings. The first-order chi connectivity index (χ1) is 9.13. The van der Waals surface area contributed by atoms with Crippen LogP contribution in [0.1, 0.15) is 25.3 Å². The first-order valence-electron chi connectivity index (χ1n) is 6.72. The van der Waals surface area contributed by atoms with Gasteiger partial charge in [-0.3, -0.25) is 4.79 Å². The van der Waals surface area contributed by atoms with Crippen LogP contribution in [0.4, 0.5) is 0 Å². The second kappa shape index (κ2) is 8.67. The lowest BCUT2D eigenvalue weighted by molar-refractivity contribution is -0.123. The maximum atomic E-state index is 11.9. The van der Waals surface area contributed by atoms with Crippen LogP contribution in [0, 0.1) is 0 Å². The van der Waals surface area contributed by atoms with Crippen molar-refractivity contribution in [3.63, 3.8) is 0 Å². The van der Waals surface area contributed by atoms with Gasteiger partial charge in [0.2, 0.25) is 5.91 Å². The number of carbonyl (C=O) groups excluding carboxylic acids is 1. The van der Waals surface area contributed by atoms with Crippen molar-refractivity contribution in [1.29, 1.82) is 0 Å². The summed E-state index contributed by atoms with van der Waals surface area (Å²) in [4.78, 5) is 11.9. The summed E-state index contributed by atoms with van der Waals surface area (Å²) in [6.07, 6.45) is 2.28. The predicted octanol–water partition coefficient (Wildman–Crippen LogP) is 1.49. The summed E-state index contributed by atoms with van der Waals surface area (Å²) in [6, 6.07) is 9.70. The molecule has 0 radical (unpaired) electrons. The van der Waals surface area contributed by atoms with Crippen molar-refractivity contribution in [2.24, 2.45) is 5.73 Å². The molecule has 4 heteroatoms. The Morgan fingerprint density at radius 1 is 1.32 bits per heavy atom. The molecule has 2 unspecified atom stereocenters. The van der Waals surface area contributed by atoms with E-state index in [-0.39, 0.29) is 11.9 Å². The maximum absolute atomic E-state index is 11.9. The normalized spacial score (nSPS) is 13.8. The third kappa shape index (κ3) is 6.36. The van der Waals surface area contributed by atoms with Crippen LogP contribution < -0.4 is 11.1 Å². The second-order valence-electron chi connectivity index (χ2n) is 4.82. The van der Waals surface area contributed by atoms with Crippen LogP contribution in [0.3, 0.4) is 0 Å². The van der Waals surface area contributed by atoms with Gasteiger partial charge in [-0.1, -0.05) is 30.3 Å². The number of rotatable bonds is 8. The molecule has 1 aromatic carbocycles. The van der Waals surface area contributed by atoms with Crippen molar-refractivity contribution in [1.82, 2.24) is 5.32 Å². The number of hydrogen-bond acceptors (Lipinski definition) is 3. The van der Waals surface area contributed by atoms with E-state index in [9.17, 15) is 4.79 Å². The summed E-state index contributed by atoms with van der Waals surface area (Å²) < 4.78 is 4.98. The van der Waals surface area contributed by atoms with Crippen LogP contribution in [0.25, 0.3) is 0 Å². The van der Waals surface area contributed by atoms with Gasteiger partial charge in [0.15, 0.2) is 0 Å². The second-order valence-corrected chi connectivity index (χ2v) is 4.82. The first-order valence-corrected chi connectivity index (χ1v) is 6.72. The zero-order chi connectivity index (χ0) is 14.1. The van der Waals surface area contributed by atoms with Crippen molar-refractivity contribution in [3.8, 4) is 0 Å². The van der Waals surface area contributed by atoms with Crippen LogP contribution in [-0.4, -0.2) is 31.7 Å². The number of nitrogens with one attached hydrogen (secondary N) is 1. The van der Waals surface area contributed by atoms with E-state index in [1.54, 1.807) is 7.11 Å². The highest BCUT2D eigenvalue weighted by Crippen LogP contribution is 2.04. The quantitative estimate of drug-likeness (QED) is 0.747. The lowest BCUT2D eigenvalue weighted by atomic mass is 10.0. The highest BCUT2D eigenvalue weighted by Gasteiger charge is 2.15. The summed E-state index contributed by atoms with van der Waals surface area (Å²) in [6.45, 7) is 2.60. The van der Waals surface area contributed by atoms with E-state index in [4.69, 9.17) is 10.5 Å². The molecular weight excluding hydrogens is 240 g/mol. The fourth-order valence-corrected chi connectivity index (χ4v) is 1.81. The fourth-order valence-electron chi connectivity index (χ4n) is 1.81. The Morgan fingerprint density at radius 3 is 2.63 bits per heavy atom. The number of nitrogens with two attached hydrogens (primary N) is 1. The summed E-state index contributed by atoms with van der Waals surface area (Å²) in [5, 5.41) is 2.91. The minimum absolute atomic E-state index is 0.0838. The molecule has 0 spiro atoms. The van der Waals surface area contributed by atoms with E-state index in [1.807, 2.05) is 37.3 Å². The van der Waals surface area contributed by atoms with Gasteiger partial charge in [-0.05, 0) is 31.7 Å². The third-order valence-electron chi connectivity index (χ3n) is 3.07. The lowest BCUT2D eigenvalue weighted by Crippen LogP contribution is -2.44. The largest absolute Gasteiger partial charge is 0.385 e. The van der Waals surface area contributed by atoms with Gasteiger partial charge in [0.05, 0.1) is 6.04 Å². The van der Waals surface area contributed by atoms with E-state index in [2.05, 4.69) is 5.32 Å².